The third kappa shape index (κ3) is 2.33. The highest BCUT2D eigenvalue weighted by Gasteiger charge is 2.30. The molecule has 78 valence electrons. The number of nitrogens with zero attached hydrogens (tertiary/aromatic N) is 1. The van der Waals surface area contributed by atoms with Gasteiger partial charge < -0.3 is 5.32 Å². The first-order chi connectivity index (χ1) is 7.15. The summed E-state index contributed by atoms with van der Waals surface area (Å²) in [5, 5.41) is 5.10. The maximum atomic E-state index is 11.2. The van der Waals surface area contributed by atoms with E-state index in [4.69, 9.17) is 0 Å². The van der Waals surface area contributed by atoms with E-state index in [9.17, 15) is 9.59 Å². The molecule has 0 aromatic carbocycles. The average molecular weight is 270 g/mol. The first-order valence-electron chi connectivity index (χ1n) is 4.37. The van der Waals surface area contributed by atoms with Crippen LogP contribution in [0.4, 0.5) is 5.82 Å². The molecule has 1 atom stereocenters. The van der Waals surface area contributed by atoms with Crippen molar-refractivity contribution in [1.29, 1.82) is 0 Å². The predicted molar refractivity (Wildman–Crippen MR) is 57.1 cm³/mol. The van der Waals surface area contributed by atoms with Gasteiger partial charge in [-0.25, -0.2) is 4.98 Å². The minimum absolute atomic E-state index is 0.163. The van der Waals surface area contributed by atoms with Crippen molar-refractivity contribution in [1.82, 2.24) is 10.3 Å². The van der Waals surface area contributed by atoms with Crippen molar-refractivity contribution in [2.45, 2.75) is 12.5 Å². The number of hydrogen-bond donors (Lipinski definition) is 2. The lowest BCUT2D eigenvalue weighted by molar-refractivity contribution is -0.124. The van der Waals surface area contributed by atoms with Gasteiger partial charge >= 0.3 is 0 Å². The highest BCUT2D eigenvalue weighted by molar-refractivity contribution is 9.10. The van der Waals surface area contributed by atoms with Gasteiger partial charge in [-0.15, -0.1) is 0 Å². The van der Waals surface area contributed by atoms with Crippen LogP contribution in [0.25, 0.3) is 0 Å². The van der Waals surface area contributed by atoms with Gasteiger partial charge in [0.1, 0.15) is 11.9 Å². The van der Waals surface area contributed by atoms with E-state index in [1.54, 1.807) is 12.3 Å². The molecule has 2 amide bonds. The second kappa shape index (κ2) is 3.98. The van der Waals surface area contributed by atoms with Crippen molar-refractivity contribution >= 4 is 33.6 Å². The van der Waals surface area contributed by atoms with Gasteiger partial charge in [0.25, 0.3) is 0 Å². The van der Waals surface area contributed by atoms with Crippen LogP contribution in [0, 0.1) is 0 Å². The second-order valence-electron chi connectivity index (χ2n) is 3.18. The van der Waals surface area contributed by atoms with Crippen LogP contribution < -0.4 is 10.6 Å². The van der Waals surface area contributed by atoms with Crippen LogP contribution in [0.2, 0.25) is 0 Å². The number of pyridine rings is 1. The summed E-state index contributed by atoms with van der Waals surface area (Å²) in [6.45, 7) is 0. The molecule has 2 rings (SSSR count). The quantitative estimate of drug-likeness (QED) is 0.775. The number of carbonyl (C=O) groups excluding carboxylic acids is 2. The Hall–Kier alpha value is -1.43. The Morgan fingerprint density at radius 3 is 2.80 bits per heavy atom. The number of amides is 2. The third-order valence-corrected chi connectivity index (χ3v) is 2.49. The lowest BCUT2D eigenvalue weighted by Gasteiger charge is -2.08. The van der Waals surface area contributed by atoms with Crippen LogP contribution in [0.3, 0.4) is 0 Å². The fraction of sp³-hybridized carbons (Fsp3) is 0.222. The Bertz CT molecular complexity index is 404. The lowest BCUT2D eigenvalue weighted by Crippen LogP contribution is -2.30. The number of aromatic nitrogens is 1. The van der Waals surface area contributed by atoms with Crippen molar-refractivity contribution in [2.75, 3.05) is 5.32 Å². The fourth-order valence-corrected chi connectivity index (χ4v) is 1.54. The Kier molecular flexibility index (Phi) is 2.68. The molecule has 1 aliphatic heterocycles. The number of rotatable bonds is 2. The highest BCUT2D eigenvalue weighted by Crippen LogP contribution is 2.13. The normalized spacial score (nSPS) is 20.2. The molecular weight excluding hydrogens is 262 g/mol. The average Bonchev–Trinajstić information content (AvgIpc) is 2.49. The molecule has 0 saturated carbocycles. The van der Waals surface area contributed by atoms with E-state index in [-0.39, 0.29) is 18.2 Å². The molecule has 1 aliphatic rings. The van der Waals surface area contributed by atoms with Gasteiger partial charge in [0.15, 0.2) is 0 Å². The smallest absolute Gasteiger partial charge is 0.249 e. The van der Waals surface area contributed by atoms with E-state index in [2.05, 4.69) is 31.5 Å². The number of hydrogen-bond acceptors (Lipinski definition) is 4. The summed E-state index contributed by atoms with van der Waals surface area (Å²) in [4.78, 5) is 26.2. The van der Waals surface area contributed by atoms with Crippen molar-refractivity contribution in [3.63, 3.8) is 0 Å². The number of imide groups is 1. The van der Waals surface area contributed by atoms with Crippen LogP contribution in [0.1, 0.15) is 6.42 Å². The van der Waals surface area contributed by atoms with Crippen molar-refractivity contribution < 1.29 is 9.59 Å². The van der Waals surface area contributed by atoms with Crippen LogP contribution in [-0.2, 0) is 9.59 Å². The summed E-state index contributed by atoms with van der Waals surface area (Å²) in [5.74, 6) is 0.0207. The SMILES string of the molecule is O=C1CC(Nc2ccc(Br)cn2)C(=O)N1. The van der Waals surface area contributed by atoms with E-state index < -0.39 is 6.04 Å². The third-order valence-electron chi connectivity index (χ3n) is 2.02. The molecule has 5 nitrogen and oxygen atoms in total. The molecule has 1 aromatic rings. The zero-order valence-electron chi connectivity index (χ0n) is 7.66. The van der Waals surface area contributed by atoms with Gasteiger partial charge in [0.2, 0.25) is 11.8 Å². The maximum absolute atomic E-state index is 11.2. The minimum Gasteiger partial charge on any atom is -0.358 e. The van der Waals surface area contributed by atoms with Gasteiger partial charge in [-0.3, -0.25) is 14.9 Å². The van der Waals surface area contributed by atoms with Gasteiger partial charge in [0.05, 0.1) is 6.42 Å². The minimum atomic E-state index is -0.508. The molecule has 2 heterocycles. The summed E-state index contributed by atoms with van der Waals surface area (Å²) in [7, 11) is 0. The van der Waals surface area contributed by atoms with E-state index in [1.807, 2.05) is 6.07 Å². The monoisotopic (exact) mass is 269 g/mol. The van der Waals surface area contributed by atoms with Crippen LogP contribution >= 0.6 is 15.9 Å². The molecule has 1 saturated heterocycles. The molecule has 1 aromatic heterocycles. The summed E-state index contributed by atoms with van der Waals surface area (Å²) in [6, 6.07) is 3.04. The van der Waals surface area contributed by atoms with E-state index in [0.717, 1.165) is 4.47 Å². The fourth-order valence-electron chi connectivity index (χ4n) is 1.31. The van der Waals surface area contributed by atoms with E-state index in [0.29, 0.717) is 5.82 Å². The molecule has 0 aliphatic carbocycles. The molecule has 0 bridgehead atoms. The van der Waals surface area contributed by atoms with Crippen molar-refractivity contribution in [3.8, 4) is 0 Å². The zero-order valence-corrected chi connectivity index (χ0v) is 9.24. The molecule has 6 heteroatoms. The van der Waals surface area contributed by atoms with Crippen LogP contribution in [-0.4, -0.2) is 22.8 Å². The molecule has 15 heavy (non-hydrogen) atoms. The van der Waals surface area contributed by atoms with Crippen molar-refractivity contribution in [2.24, 2.45) is 0 Å². The summed E-state index contributed by atoms with van der Waals surface area (Å²) >= 11 is 3.26. The van der Waals surface area contributed by atoms with Crippen LogP contribution in [0.5, 0.6) is 0 Å². The first-order valence-corrected chi connectivity index (χ1v) is 5.16. The molecule has 1 unspecified atom stereocenters. The van der Waals surface area contributed by atoms with Gasteiger partial charge in [-0.1, -0.05) is 0 Å². The topological polar surface area (TPSA) is 71.1 Å². The number of anilines is 1. The second-order valence-corrected chi connectivity index (χ2v) is 4.09. The molecular formula is C9H8BrN3O2. The largest absolute Gasteiger partial charge is 0.358 e. The van der Waals surface area contributed by atoms with E-state index >= 15 is 0 Å². The number of carbonyl (C=O) groups is 2. The Morgan fingerprint density at radius 2 is 2.27 bits per heavy atom. The zero-order chi connectivity index (χ0) is 10.8. The van der Waals surface area contributed by atoms with Gasteiger partial charge in [-0.05, 0) is 28.1 Å². The van der Waals surface area contributed by atoms with E-state index in [1.165, 1.54) is 0 Å². The molecule has 0 radical (unpaired) electrons. The standard InChI is InChI=1S/C9H8BrN3O2/c10-5-1-2-7(11-4-5)12-6-3-8(14)13-9(6)15/h1-2,4,6H,3H2,(H,11,12)(H,13,14,15). The summed E-state index contributed by atoms with van der Waals surface area (Å²) in [6.07, 6.45) is 1.79. The maximum Gasteiger partial charge on any atom is 0.249 e. The Labute approximate surface area is 94.4 Å². The van der Waals surface area contributed by atoms with Gasteiger partial charge in [0, 0.05) is 10.7 Å². The Morgan fingerprint density at radius 1 is 1.47 bits per heavy atom. The molecule has 2 N–H and O–H groups in total. The lowest BCUT2D eigenvalue weighted by atomic mass is 10.2. The molecule has 0 spiro atoms. The number of nitrogens with one attached hydrogen (secondary N) is 2. The summed E-state index contributed by atoms with van der Waals surface area (Å²) < 4.78 is 0.861. The van der Waals surface area contributed by atoms with Gasteiger partial charge in [-0.2, -0.15) is 0 Å². The highest BCUT2D eigenvalue weighted by atomic mass is 79.9. The summed E-state index contributed by atoms with van der Waals surface area (Å²) in [5.41, 5.74) is 0. The molecule has 1 fully saturated rings. The number of halogens is 1. The predicted octanol–water partition coefficient (Wildman–Crippen LogP) is 0.671. The Balaban J connectivity index is 2.06. The van der Waals surface area contributed by atoms with Crippen molar-refractivity contribution in [3.05, 3.63) is 22.8 Å². The first kappa shape index (κ1) is 10.1. The van der Waals surface area contributed by atoms with Crippen LogP contribution in [0.15, 0.2) is 22.8 Å².